The van der Waals surface area contributed by atoms with Gasteiger partial charge in [-0.1, -0.05) is 13.8 Å². The maximum atomic E-state index is 12.3. The number of nitrogens with one attached hydrogen (secondary N) is 1. The molecule has 0 unspecified atom stereocenters. The van der Waals surface area contributed by atoms with E-state index < -0.39 is 10.0 Å². The second-order valence-corrected chi connectivity index (χ2v) is 8.61. The van der Waals surface area contributed by atoms with Gasteiger partial charge >= 0.3 is 0 Å². The third-order valence-corrected chi connectivity index (χ3v) is 5.54. The van der Waals surface area contributed by atoms with Crippen LogP contribution in [0.1, 0.15) is 31.7 Å². The van der Waals surface area contributed by atoms with Crippen molar-refractivity contribution in [1.29, 1.82) is 0 Å². The van der Waals surface area contributed by atoms with Crippen molar-refractivity contribution in [3.05, 3.63) is 42.0 Å². The van der Waals surface area contributed by atoms with Crippen LogP contribution < -0.4 is 4.72 Å². The largest absolute Gasteiger partial charge is 0.297 e. The van der Waals surface area contributed by atoms with Gasteiger partial charge in [-0.15, -0.1) is 0 Å². The zero-order valence-electron chi connectivity index (χ0n) is 14.7. The van der Waals surface area contributed by atoms with Gasteiger partial charge in [0.15, 0.2) is 0 Å². The van der Waals surface area contributed by atoms with Crippen molar-refractivity contribution in [1.82, 2.24) is 24.4 Å². The van der Waals surface area contributed by atoms with Gasteiger partial charge in [0.2, 0.25) is 10.0 Å². The fraction of sp³-hybridized carbons (Fsp3) is 0.529. The summed E-state index contributed by atoms with van der Waals surface area (Å²) in [6.45, 7) is 8.50. The van der Waals surface area contributed by atoms with E-state index in [1.807, 2.05) is 10.7 Å². The Morgan fingerprint density at radius 1 is 1.32 bits per heavy atom. The van der Waals surface area contributed by atoms with Crippen LogP contribution in [0.5, 0.6) is 0 Å². The zero-order chi connectivity index (χ0) is 17.9. The third-order valence-electron chi connectivity index (χ3n) is 4.16. The lowest BCUT2D eigenvalue weighted by Crippen LogP contribution is -2.27. The molecule has 0 spiro atoms. The highest BCUT2D eigenvalue weighted by Gasteiger charge is 2.19. The highest BCUT2D eigenvalue weighted by molar-refractivity contribution is 7.89. The molecule has 0 saturated carbocycles. The molecule has 0 saturated heterocycles. The fourth-order valence-electron chi connectivity index (χ4n) is 3.11. The molecule has 3 heterocycles. The van der Waals surface area contributed by atoms with Crippen LogP contribution in [0.4, 0.5) is 0 Å². The van der Waals surface area contributed by atoms with Crippen LogP contribution in [-0.2, 0) is 29.7 Å². The number of sulfonamides is 1. The number of nitrogens with zero attached hydrogens (tertiary/aromatic N) is 4. The second-order valence-electron chi connectivity index (χ2n) is 6.85. The van der Waals surface area contributed by atoms with Gasteiger partial charge in [0.25, 0.3) is 0 Å². The quantitative estimate of drug-likeness (QED) is 0.843. The molecule has 3 rings (SSSR count). The van der Waals surface area contributed by atoms with Crippen molar-refractivity contribution in [2.24, 2.45) is 5.92 Å². The Hall–Kier alpha value is -1.77. The maximum Gasteiger partial charge on any atom is 0.242 e. The standard InChI is InChI=1S/C17H25N5O2S/c1-14(2)12-21-7-4-8-22-16(13-21)9-15(20-22)10-19-25(23,24)17-5-3-6-18-11-17/h3,5-6,9,11,14,19H,4,7-8,10,12-13H2,1-2H3. The van der Waals surface area contributed by atoms with Crippen molar-refractivity contribution < 1.29 is 8.42 Å². The second kappa shape index (κ2) is 7.63. The minimum Gasteiger partial charge on any atom is -0.297 e. The van der Waals surface area contributed by atoms with E-state index in [9.17, 15) is 8.42 Å². The van der Waals surface area contributed by atoms with Crippen LogP contribution in [0.25, 0.3) is 0 Å². The van der Waals surface area contributed by atoms with Crippen molar-refractivity contribution >= 4 is 10.0 Å². The summed E-state index contributed by atoms with van der Waals surface area (Å²) >= 11 is 0. The van der Waals surface area contributed by atoms with Gasteiger partial charge in [0, 0.05) is 38.6 Å². The summed E-state index contributed by atoms with van der Waals surface area (Å²) in [5.41, 5.74) is 1.89. The van der Waals surface area contributed by atoms with Crippen LogP contribution in [-0.4, -0.2) is 41.2 Å². The molecule has 1 N–H and O–H groups in total. The topological polar surface area (TPSA) is 80.1 Å². The van der Waals surface area contributed by atoms with Crippen LogP contribution in [0, 0.1) is 5.92 Å². The molecule has 25 heavy (non-hydrogen) atoms. The van der Waals surface area contributed by atoms with E-state index in [-0.39, 0.29) is 11.4 Å². The van der Waals surface area contributed by atoms with Gasteiger partial charge in [0.05, 0.1) is 17.9 Å². The normalized spacial score (nSPS) is 16.0. The number of hydrogen-bond donors (Lipinski definition) is 1. The molecule has 0 aromatic carbocycles. The minimum absolute atomic E-state index is 0.166. The first-order chi connectivity index (χ1) is 11.9. The predicted octanol–water partition coefficient (Wildman–Crippen LogP) is 1.62. The highest BCUT2D eigenvalue weighted by atomic mass is 32.2. The summed E-state index contributed by atoms with van der Waals surface area (Å²) in [5, 5.41) is 4.57. The van der Waals surface area contributed by atoms with E-state index in [2.05, 4.69) is 33.6 Å². The minimum atomic E-state index is -3.57. The molecule has 1 aliphatic heterocycles. The Morgan fingerprint density at radius 2 is 2.16 bits per heavy atom. The molecule has 8 heteroatoms. The van der Waals surface area contributed by atoms with Gasteiger partial charge in [-0.25, -0.2) is 13.1 Å². The number of aromatic nitrogens is 3. The van der Waals surface area contributed by atoms with E-state index in [4.69, 9.17) is 0 Å². The van der Waals surface area contributed by atoms with E-state index in [0.29, 0.717) is 5.92 Å². The SMILES string of the molecule is CC(C)CN1CCCn2nc(CNS(=O)(=O)c3cccnc3)cc2C1. The summed E-state index contributed by atoms with van der Waals surface area (Å²) in [6, 6.07) is 5.14. The van der Waals surface area contributed by atoms with Crippen molar-refractivity contribution in [2.75, 3.05) is 13.1 Å². The Kier molecular flexibility index (Phi) is 5.51. The molecular weight excluding hydrogens is 338 g/mol. The monoisotopic (exact) mass is 363 g/mol. The van der Waals surface area contributed by atoms with Crippen molar-refractivity contribution in [3.8, 4) is 0 Å². The molecule has 1 aliphatic rings. The smallest absolute Gasteiger partial charge is 0.242 e. The number of pyridine rings is 1. The Morgan fingerprint density at radius 3 is 2.88 bits per heavy atom. The number of rotatable bonds is 6. The van der Waals surface area contributed by atoms with Gasteiger partial charge in [-0.3, -0.25) is 14.6 Å². The van der Waals surface area contributed by atoms with Crippen LogP contribution in [0.15, 0.2) is 35.5 Å². The van der Waals surface area contributed by atoms with E-state index >= 15 is 0 Å². The van der Waals surface area contributed by atoms with Gasteiger partial charge < -0.3 is 0 Å². The van der Waals surface area contributed by atoms with Crippen molar-refractivity contribution in [2.45, 2.75) is 44.8 Å². The van der Waals surface area contributed by atoms with Gasteiger partial charge in [-0.05, 0) is 30.5 Å². The van der Waals surface area contributed by atoms with Gasteiger partial charge in [-0.2, -0.15) is 5.10 Å². The molecule has 2 aromatic rings. The number of fused-ring (bicyclic) bond motifs is 1. The summed E-state index contributed by atoms with van der Waals surface area (Å²) in [7, 11) is -3.57. The predicted molar refractivity (Wildman–Crippen MR) is 95.2 cm³/mol. The first-order valence-electron chi connectivity index (χ1n) is 8.62. The summed E-state index contributed by atoms with van der Waals surface area (Å²) in [5.74, 6) is 0.625. The number of hydrogen-bond acceptors (Lipinski definition) is 5. The van der Waals surface area contributed by atoms with Crippen LogP contribution in [0.2, 0.25) is 0 Å². The molecule has 0 radical (unpaired) electrons. The number of aryl methyl sites for hydroxylation is 1. The molecule has 0 fully saturated rings. The van der Waals surface area contributed by atoms with Crippen LogP contribution in [0.3, 0.4) is 0 Å². The average molecular weight is 363 g/mol. The lowest BCUT2D eigenvalue weighted by atomic mass is 10.2. The summed E-state index contributed by atoms with van der Waals surface area (Å²) < 4.78 is 29.2. The third kappa shape index (κ3) is 4.65. The highest BCUT2D eigenvalue weighted by Crippen LogP contribution is 2.15. The molecular formula is C17H25N5O2S. The van der Waals surface area contributed by atoms with E-state index in [1.165, 1.54) is 12.3 Å². The Balaban J connectivity index is 1.67. The molecule has 0 amide bonds. The summed E-state index contributed by atoms with van der Waals surface area (Å²) in [4.78, 5) is 6.46. The first kappa shape index (κ1) is 18.0. The van der Waals surface area contributed by atoms with E-state index in [0.717, 1.165) is 44.0 Å². The van der Waals surface area contributed by atoms with E-state index in [1.54, 1.807) is 12.3 Å². The molecule has 0 bridgehead atoms. The fourth-order valence-corrected chi connectivity index (χ4v) is 4.07. The summed E-state index contributed by atoms with van der Waals surface area (Å²) in [6.07, 6.45) is 3.95. The average Bonchev–Trinajstić information content (AvgIpc) is 2.86. The Bertz CT molecular complexity index is 802. The molecule has 0 aliphatic carbocycles. The van der Waals surface area contributed by atoms with Gasteiger partial charge in [0.1, 0.15) is 4.90 Å². The lowest BCUT2D eigenvalue weighted by Gasteiger charge is -2.21. The molecule has 0 atom stereocenters. The molecule has 136 valence electrons. The maximum absolute atomic E-state index is 12.3. The molecule has 7 nitrogen and oxygen atoms in total. The first-order valence-corrected chi connectivity index (χ1v) is 10.1. The molecule has 2 aromatic heterocycles. The van der Waals surface area contributed by atoms with Crippen molar-refractivity contribution in [3.63, 3.8) is 0 Å². The van der Waals surface area contributed by atoms with Crippen LogP contribution >= 0.6 is 0 Å². The zero-order valence-corrected chi connectivity index (χ0v) is 15.5. The Labute approximate surface area is 149 Å². The lowest BCUT2D eigenvalue weighted by molar-refractivity contribution is 0.239.